The predicted molar refractivity (Wildman–Crippen MR) is 49.6 cm³/mol. The Kier molecular flexibility index (Phi) is 3.09. The SMILES string of the molecule is CCN1CCC(C)(C(N)O)CC1. The molecule has 3 nitrogen and oxygen atoms in total. The fourth-order valence-electron chi connectivity index (χ4n) is 1.68. The molecule has 0 bridgehead atoms. The molecule has 1 saturated heterocycles. The minimum absolute atomic E-state index is 0.0499. The third-order valence-corrected chi connectivity index (χ3v) is 3.16. The third-order valence-electron chi connectivity index (χ3n) is 3.16. The van der Waals surface area contributed by atoms with Crippen molar-refractivity contribution in [3.05, 3.63) is 0 Å². The van der Waals surface area contributed by atoms with Gasteiger partial charge >= 0.3 is 0 Å². The molecule has 1 atom stereocenters. The van der Waals surface area contributed by atoms with E-state index in [1.165, 1.54) is 0 Å². The van der Waals surface area contributed by atoms with Crippen molar-refractivity contribution in [1.29, 1.82) is 0 Å². The summed E-state index contributed by atoms with van der Waals surface area (Å²) in [7, 11) is 0. The van der Waals surface area contributed by atoms with Gasteiger partial charge in [-0.1, -0.05) is 13.8 Å². The summed E-state index contributed by atoms with van der Waals surface area (Å²) in [6.07, 6.45) is 1.37. The Labute approximate surface area is 74.5 Å². The maximum absolute atomic E-state index is 9.35. The second kappa shape index (κ2) is 3.73. The van der Waals surface area contributed by atoms with Crippen LogP contribution in [0.15, 0.2) is 0 Å². The van der Waals surface area contributed by atoms with Gasteiger partial charge in [0.25, 0.3) is 0 Å². The molecule has 1 unspecified atom stereocenters. The Morgan fingerprint density at radius 3 is 2.33 bits per heavy atom. The van der Waals surface area contributed by atoms with Crippen LogP contribution in [-0.4, -0.2) is 35.9 Å². The molecule has 0 aliphatic carbocycles. The Balaban J connectivity index is 2.44. The first-order valence-electron chi connectivity index (χ1n) is 4.74. The zero-order valence-corrected chi connectivity index (χ0v) is 8.08. The zero-order chi connectivity index (χ0) is 9.19. The van der Waals surface area contributed by atoms with Crippen LogP contribution in [0.25, 0.3) is 0 Å². The van der Waals surface area contributed by atoms with Gasteiger partial charge in [-0.3, -0.25) is 0 Å². The topological polar surface area (TPSA) is 49.5 Å². The summed E-state index contributed by atoms with van der Waals surface area (Å²) in [5, 5.41) is 9.35. The smallest absolute Gasteiger partial charge is 0.107 e. The van der Waals surface area contributed by atoms with Crippen LogP contribution in [0.4, 0.5) is 0 Å². The largest absolute Gasteiger partial charge is 0.378 e. The normalized spacial score (nSPS) is 27.0. The lowest BCUT2D eigenvalue weighted by molar-refractivity contribution is -0.00626. The molecule has 0 radical (unpaired) electrons. The van der Waals surface area contributed by atoms with Crippen molar-refractivity contribution in [2.75, 3.05) is 19.6 Å². The summed E-state index contributed by atoms with van der Waals surface area (Å²) in [6.45, 7) is 7.49. The lowest BCUT2D eigenvalue weighted by Crippen LogP contribution is -2.47. The van der Waals surface area contributed by atoms with Gasteiger partial charge in [0.2, 0.25) is 0 Å². The fourth-order valence-corrected chi connectivity index (χ4v) is 1.68. The maximum Gasteiger partial charge on any atom is 0.107 e. The summed E-state index contributed by atoms with van der Waals surface area (Å²) in [6, 6.07) is 0. The molecule has 3 heteroatoms. The zero-order valence-electron chi connectivity index (χ0n) is 8.08. The molecule has 0 spiro atoms. The van der Waals surface area contributed by atoms with Gasteiger partial charge < -0.3 is 15.7 Å². The van der Waals surface area contributed by atoms with Crippen molar-refractivity contribution in [2.24, 2.45) is 11.1 Å². The van der Waals surface area contributed by atoms with Crippen molar-refractivity contribution >= 4 is 0 Å². The summed E-state index contributed by atoms with van der Waals surface area (Å²) in [4.78, 5) is 2.39. The summed E-state index contributed by atoms with van der Waals surface area (Å²) in [5.41, 5.74) is 5.48. The molecular formula is C9H20N2O. The molecule has 12 heavy (non-hydrogen) atoms. The monoisotopic (exact) mass is 172 g/mol. The molecule has 0 aromatic carbocycles. The van der Waals surface area contributed by atoms with Gasteiger partial charge in [-0.2, -0.15) is 0 Å². The Morgan fingerprint density at radius 2 is 2.00 bits per heavy atom. The molecule has 0 aromatic heterocycles. The van der Waals surface area contributed by atoms with Crippen LogP contribution in [0.3, 0.4) is 0 Å². The first-order valence-corrected chi connectivity index (χ1v) is 4.74. The molecule has 3 N–H and O–H groups in total. The van der Waals surface area contributed by atoms with Gasteiger partial charge in [0.05, 0.1) is 0 Å². The van der Waals surface area contributed by atoms with Gasteiger partial charge in [0.1, 0.15) is 6.23 Å². The summed E-state index contributed by atoms with van der Waals surface area (Å²) < 4.78 is 0. The van der Waals surface area contributed by atoms with E-state index >= 15 is 0 Å². The van der Waals surface area contributed by atoms with Gasteiger partial charge in [-0.15, -0.1) is 0 Å². The van der Waals surface area contributed by atoms with E-state index in [1.54, 1.807) is 0 Å². The van der Waals surface area contributed by atoms with Crippen molar-refractivity contribution in [3.8, 4) is 0 Å². The van der Waals surface area contributed by atoms with Crippen LogP contribution in [0.1, 0.15) is 26.7 Å². The van der Waals surface area contributed by atoms with Crippen LogP contribution in [0.5, 0.6) is 0 Å². The van der Waals surface area contributed by atoms with Gasteiger partial charge in [-0.05, 0) is 32.5 Å². The van der Waals surface area contributed by atoms with Crippen molar-refractivity contribution in [1.82, 2.24) is 4.90 Å². The quantitative estimate of drug-likeness (QED) is 0.592. The molecule has 0 saturated carbocycles. The molecule has 1 aliphatic heterocycles. The van der Waals surface area contributed by atoms with Gasteiger partial charge in [0.15, 0.2) is 0 Å². The maximum atomic E-state index is 9.35. The van der Waals surface area contributed by atoms with Crippen LogP contribution in [0, 0.1) is 5.41 Å². The van der Waals surface area contributed by atoms with Crippen molar-refractivity contribution in [2.45, 2.75) is 32.9 Å². The number of rotatable bonds is 2. The Morgan fingerprint density at radius 1 is 1.50 bits per heavy atom. The molecule has 0 amide bonds. The van der Waals surface area contributed by atoms with E-state index in [4.69, 9.17) is 5.73 Å². The number of hydrogen-bond donors (Lipinski definition) is 2. The number of hydrogen-bond acceptors (Lipinski definition) is 3. The van der Waals surface area contributed by atoms with E-state index in [0.717, 1.165) is 32.5 Å². The molecule has 72 valence electrons. The molecule has 1 fully saturated rings. The van der Waals surface area contributed by atoms with E-state index in [-0.39, 0.29) is 5.41 Å². The Hall–Kier alpha value is -0.120. The standard InChI is InChI=1S/C9H20N2O/c1-3-11-6-4-9(2,5-7-11)8(10)12/h8,12H,3-7,10H2,1-2H3. The van der Waals surface area contributed by atoms with Crippen molar-refractivity contribution in [3.63, 3.8) is 0 Å². The van der Waals surface area contributed by atoms with Crippen molar-refractivity contribution < 1.29 is 5.11 Å². The highest BCUT2D eigenvalue weighted by molar-refractivity contribution is 4.85. The lowest BCUT2D eigenvalue weighted by atomic mass is 9.79. The molecule has 0 aromatic rings. The summed E-state index contributed by atoms with van der Waals surface area (Å²) >= 11 is 0. The highest BCUT2D eigenvalue weighted by atomic mass is 16.3. The van der Waals surface area contributed by atoms with Crippen LogP contribution >= 0.6 is 0 Å². The lowest BCUT2D eigenvalue weighted by Gasteiger charge is -2.40. The summed E-state index contributed by atoms with van der Waals surface area (Å²) in [5.74, 6) is 0. The number of aliphatic hydroxyl groups excluding tert-OH is 1. The highest BCUT2D eigenvalue weighted by Gasteiger charge is 2.34. The van der Waals surface area contributed by atoms with Gasteiger partial charge in [-0.25, -0.2) is 0 Å². The van der Waals surface area contributed by atoms with Crippen LogP contribution in [0.2, 0.25) is 0 Å². The average molecular weight is 172 g/mol. The highest BCUT2D eigenvalue weighted by Crippen LogP contribution is 2.32. The average Bonchev–Trinajstić information content (AvgIpc) is 2.06. The van der Waals surface area contributed by atoms with E-state index in [9.17, 15) is 5.11 Å². The minimum atomic E-state index is -0.656. The number of aliphatic hydroxyl groups is 1. The number of likely N-dealkylation sites (tertiary alicyclic amines) is 1. The Bertz CT molecular complexity index is 139. The van der Waals surface area contributed by atoms with E-state index in [1.807, 2.05) is 0 Å². The van der Waals surface area contributed by atoms with Gasteiger partial charge in [0, 0.05) is 5.41 Å². The minimum Gasteiger partial charge on any atom is -0.378 e. The number of nitrogens with zero attached hydrogens (tertiary/aromatic N) is 1. The van der Waals surface area contributed by atoms with E-state index in [0.29, 0.717) is 0 Å². The number of nitrogens with two attached hydrogens (primary N) is 1. The van der Waals surface area contributed by atoms with Crippen LogP contribution < -0.4 is 5.73 Å². The second-order valence-electron chi connectivity index (χ2n) is 4.03. The number of piperidine rings is 1. The fraction of sp³-hybridized carbons (Fsp3) is 1.00. The predicted octanol–water partition coefficient (Wildman–Crippen LogP) is 0.385. The second-order valence-corrected chi connectivity index (χ2v) is 4.03. The first-order chi connectivity index (χ1) is 5.58. The molecule has 1 rings (SSSR count). The van der Waals surface area contributed by atoms with E-state index in [2.05, 4.69) is 18.7 Å². The molecule has 1 heterocycles. The van der Waals surface area contributed by atoms with Crippen LogP contribution in [-0.2, 0) is 0 Å². The third kappa shape index (κ3) is 1.97. The molecule has 1 aliphatic rings. The van der Waals surface area contributed by atoms with E-state index < -0.39 is 6.23 Å². The first kappa shape index (κ1) is 9.96. The molecular weight excluding hydrogens is 152 g/mol.